The van der Waals surface area contributed by atoms with Crippen molar-refractivity contribution in [1.29, 1.82) is 0 Å². The third-order valence-electron chi connectivity index (χ3n) is 3.43. The van der Waals surface area contributed by atoms with Crippen LogP contribution in [-0.2, 0) is 4.74 Å². The molecule has 4 nitrogen and oxygen atoms in total. The molecule has 118 valence electrons. The molecule has 2 unspecified atom stereocenters. The maximum absolute atomic E-state index is 11.6. The van der Waals surface area contributed by atoms with Crippen molar-refractivity contribution >= 4 is 6.09 Å². The summed E-state index contributed by atoms with van der Waals surface area (Å²) in [6, 6.07) is 0.697. The lowest BCUT2D eigenvalue weighted by Gasteiger charge is -2.19. The summed E-state index contributed by atoms with van der Waals surface area (Å²) >= 11 is 0. The van der Waals surface area contributed by atoms with Crippen molar-refractivity contribution < 1.29 is 9.53 Å². The van der Waals surface area contributed by atoms with Gasteiger partial charge >= 0.3 is 6.09 Å². The Labute approximate surface area is 124 Å². The zero-order chi connectivity index (χ0) is 15.0. The molecule has 1 fully saturated rings. The van der Waals surface area contributed by atoms with Crippen LogP contribution in [0.15, 0.2) is 0 Å². The van der Waals surface area contributed by atoms with E-state index in [4.69, 9.17) is 4.74 Å². The Kier molecular flexibility index (Phi) is 7.35. The molecule has 2 N–H and O–H groups in total. The lowest BCUT2D eigenvalue weighted by atomic mass is 10.1. The van der Waals surface area contributed by atoms with Gasteiger partial charge in [0, 0.05) is 12.1 Å². The van der Waals surface area contributed by atoms with E-state index in [1.807, 2.05) is 20.8 Å². The third kappa shape index (κ3) is 8.41. The highest BCUT2D eigenvalue weighted by Gasteiger charge is 2.38. The van der Waals surface area contributed by atoms with E-state index < -0.39 is 5.60 Å². The van der Waals surface area contributed by atoms with Gasteiger partial charge in [0.1, 0.15) is 5.60 Å². The van der Waals surface area contributed by atoms with Gasteiger partial charge in [0.15, 0.2) is 0 Å². The molecule has 0 aromatic heterocycles. The fraction of sp³-hybridized carbons (Fsp3) is 0.938. The van der Waals surface area contributed by atoms with Crippen LogP contribution in [0.5, 0.6) is 0 Å². The second-order valence-electron chi connectivity index (χ2n) is 6.82. The Morgan fingerprint density at radius 3 is 2.40 bits per heavy atom. The minimum absolute atomic E-state index is 0.255. The fourth-order valence-corrected chi connectivity index (χ4v) is 2.23. The predicted octanol–water partition coefficient (Wildman–Crippen LogP) is 3.60. The molecule has 0 bridgehead atoms. The van der Waals surface area contributed by atoms with E-state index in [9.17, 15) is 4.79 Å². The van der Waals surface area contributed by atoms with Gasteiger partial charge in [-0.1, -0.05) is 39.0 Å². The normalized spacial score (nSPS) is 21.6. The molecule has 20 heavy (non-hydrogen) atoms. The van der Waals surface area contributed by atoms with Crippen molar-refractivity contribution in [2.75, 3.05) is 6.54 Å². The topological polar surface area (TPSA) is 50.4 Å². The quantitative estimate of drug-likeness (QED) is 0.636. The van der Waals surface area contributed by atoms with E-state index in [2.05, 4.69) is 17.6 Å². The van der Waals surface area contributed by atoms with Crippen molar-refractivity contribution in [1.82, 2.24) is 10.6 Å². The van der Waals surface area contributed by atoms with Gasteiger partial charge in [-0.25, -0.2) is 4.79 Å². The highest BCUT2D eigenvalue weighted by atomic mass is 16.6. The van der Waals surface area contributed by atoms with Crippen LogP contribution in [0.1, 0.15) is 72.6 Å². The fourth-order valence-electron chi connectivity index (χ4n) is 2.23. The molecular formula is C16H32N2O2. The number of unbranched alkanes of at least 4 members (excludes halogenated alkanes) is 5. The molecule has 0 spiro atoms. The van der Waals surface area contributed by atoms with Crippen LogP contribution in [-0.4, -0.2) is 30.3 Å². The lowest BCUT2D eigenvalue weighted by molar-refractivity contribution is 0.0522. The van der Waals surface area contributed by atoms with Gasteiger partial charge in [-0.3, -0.25) is 0 Å². The summed E-state index contributed by atoms with van der Waals surface area (Å²) in [5.41, 5.74) is -0.416. The molecule has 0 aromatic rings. The first-order chi connectivity index (χ1) is 9.42. The van der Waals surface area contributed by atoms with Crippen molar-refractivity contribution in [3.8, 4) is 0 Å². The van der Waals surface area contributed by atoms with E-state index in [0.717, 1.165) is 13.0 Å². The first kappa shape index (κ1) is 17.3. The van der Waals surface area contributed by atoms with Crippen LogP contribution < -0.4 is 10.6 Å². The summed E-state index contributed by atoms with van der Waals surface area (Å²) in [5, 5.41) is 6.40. The molecule has 0 aliphatic heterocycles. The maximum atomic E-state index is 11.6. The van der Waals surface area contributed by atoms with Crippen molar-refractivity contribution in [3.63, 3.8) is 0 Å². The second kappa shape index (κ2) is 8.50. The van der Waals surface area contributed by atoms with Gasteiger partial charge in [-0.05, 0) is 40.2 Å². The van der Waals surface area contributed by atoms with Crippen LogP contribution in [0.25, 0.3) is 0 Å². The Hall–Kier alpha value is -0.770. The summed E-state index contributed by atoms with van der Waals surface area (Å²) in [7, 11) is 0. The van der Waals surface area contributed by atoms with Crippen LogP contribution >= 0.6 is 0 Å². The summed E-state index contributed by atoms with van der Waals surface area (Å²) in [5.74, 6) is 0. The number of ether oxygens (including phenoxy) is 1. The highest BCUT2D eigenvalue weighted by Crippen LogP contribution is 2.22. The van der Waals surface area contributed by atoms with Gasteiger partial charge in [0.05, 0.1) is 0 Å². The molecule has 2 atom stereocenters. The summed E-state index contributed by atoms with van der Waals surface area (Å²) in [4.78, 5) is 11.6. The first-order valence-electron chi connectivity index (χ1n) is 8.15. The number of rotatable bonds is 9. The highest BCUT2D eigenvalue weighted by molar-refractivity contribution is 5.68. The standard InChI is InChI=1S/C16H32N2O2/c1-5-6-7-8-9-10-11-17-13-12-14(13)18-15(19)20-16(2,3)4/h13-14,17H,5-12H2,1-4H3,(H,18,19). The van der Waals surface area contributed by atoms with Crippen LogP contribution in [0, 0.1) is 0 Å². The number of hydrogen-bond acceptors (Lipinski definition) is 3. The van der Waals surface area contributed by atoms with Crippen LogP contribution in [0.4, 0.5) is 4.79 Å². The van der Waals surface area contributed by atoms with Gasteiger partial charge in [-0.2, -0.15) is 0 Å². The minimum atomic E-state index is -0.416. The summed E-state index contributed by atoms with van der Waals surface area (Å²) in [6.45, 7) is 8.95. The molecule has 4 heteroatoms. The van der Waals surface area contributed by atoms with Gasteiger partial charge in [0.25, 0.3) is 0 Å². The number of hydrogen-bond donors (Lipinski definition) is 2. The molecule has 0 heterocycles. The Morgan fingerprint density at radius 1 is 1.10 bits per heavy atom. The lowest BCUT2D eigenvalue weighted by Crippen LogP contribution is -2.36. The van der Waals surface area contributed by atoms with Gasteiger partial charge in [0.2, 0.25) is 0 Å². The molecule has 1 rings (SSSR count). The zero-order valence-corrected chi connectivity index (χ0v) is 13.6. The van der Waals surface area contributed by atoms with Crippen molar-refractivity contribution in [2.45, 2.75) is 90.3 Å². The van der Waals surface area contributed by atoms with E-state index in [-0.39, 0.29) is 12.1 Å². The molecule has 0 aromatic carbocycles. The number of carbonyl (C=O) groups excluding carboxylic acids is 1. The smallest absolute Gasteiger partial charge is 0.407 e. The number of nitrogens with one attached hydrogen (secondary N) is 2. The molecule has 0 saturated heterocycles. The number of carbonyl (C=O) groups is 1. The molecular weight excluding hydrogens is 252 g/mol. The summed E-state index contributed by atoms with van der Waals surface area (Å²) in [6.07, 6.45) is 8.64. The average Bonchev–Trinajstić information content (AvgIpc) is 3.03. The van der Waals surface area contributed by atoms with Crippen LogP contribution in [0.3, 0.4) is 0 Å². The van der Waals surface area contributed by atoms with Gasteiger partial charge < -0.3 is 15.4 Å². The van der Waals surface area contributed by atoms with E-state index in [1.165, 1.54) is 38.5 Å². The molecule has 1 aliphatic rings. The molecule has 1 saturated carbocycles. The second-order valence-corrected chi connectivity index (χ2v) is 6.82. The minimum Gasteiger partial charge on any atom is -0.444 e. The average molecular weight is 284 g/mol. The van der Waals surface area contributed by atoms with Crippen LogP contribution in [0.2, 0.25) is 0 Å². The molecule has 0 radical (unpaired) electrons. The summed E-state index contributed by atoms with van der Waals surface area (Å²) < 4.78 is 5.24. The third-order valence-corrected chi connectivity index (χ3v) is 3.43. The SMILES string of the molecule is CCCCCCCCNC1CC1NC(=O)OC(C)(C)C. The maximum Gasteiger partial charge on any atom is 0.407 e. The first-order valence-corrected chi connectivity index (χ1v) is 8.15. The van der Waals surface area contributed by atoms with Gasteiger partial charge in [-0.15, -0.1) is 0 Å². The Morgan fingerprint density at radius 2 is 1.75 bits per heavy atom. The largest absolute Gasteiger partial charge is 0.444 e. The van der Waals surface area contributed by atoms with Crippen molar-refractivity contribution in [2.24, 2.45) is 0 Å². The van der Waals surface area contributed by atoms with Crippen molar-refractivity contribution in [3.05, 3.63) is 0 Å². The molecule has 1 amide bonds. The van der Waals surface area contributed by atoms with E-state index in [0.29, 0.717) is 6.04 Å². The van der Waals surface area contributed by atoms with E-state index in [1.54, 1.807) is 0 Å². The Balaban J connectivity index is 1.94. The Bertz CT molecular complexity index is 287. The predicted molar refractivity (Wildman–Crippen MR) is 82.9 cm³/mol. The van der Waals surface area contributed by atoms with E-state index >= 15 is 0 Å². The number of alkyl carbamates (subject to hydrolysis) is 1. The monoisotopic (exact) mass is 284 g/mol. The zero-order valence-electron chi connectivity index (χ0n) is 13.6. The number of amides is 1. The molecule has 1 aliphatic carbocycles.